The highest BCUT2D eigenvalue weighted by atomic mass is 16.1. The summed E-state index contributed by atoms with van der Waals surface area (Å²) < 4.78 is 0. The fourth-order valence-electron chi connectivity index (χ4n) is 2.76. The fourth-order valence-corrected chi connectivity index (χ4v) is 2.76. The standard InChI is InChI=1S/C16H24N2O/c1-12-6-8-13(9-7-12)18-15(19)11-17-14-5-4-10-16(14,2)3/h6-9,14,17H,4-5,10-11H2,1-3H3,(H,18,19). The number of benzene rings is 1. The maximum absolute atomic E-state index is 11.9. The Morgan fingerprint density at radius 2 is 2.00 bits per heavy atom. The van der Waals surface area contributed by atoms with Crippen molar-refractivity contribution < 1.29 is 4.79 Å². The van der Waals surface area contributed by atoms with Crippen LogP contribution >= 0.6 is 0 Å². The first-order chi connectivity index (χ1) is 8.97. The van der Waals surface area contributed by atoms with Gasteiger partial charge in [0.25, 0.3) is 0 Å². The zero-order chi connectivity index (χ0) is 13.9. The van der Waals surface area contributed by atoms with Crippen LogP contribution in [0.25, 0.3) is 0 Å². The number of amides is 1. The molecular formula is C16H24N2O. The Morgan fingerprint density at radius 3 is 2.58 bits per heavy atom. The molecule has 3 nitrogen and oxygen atoms in total. The van der Waals surface area contributed by atoms with Crippen molar-refractivity contribution in [3.8, 4) is 0 Å². The summed E-state index contributed by atoms with van der Waals surface area (Å²) in [5, 5.41) is 6.31. The molecule has 1 atom stereocenters. The van der Waals surface area contributed by atoms with Crippen molar-refractivity contribution in [2.75, 3.05) is 11.9 Å². The van der Waals surface area contributed by atoms with Crippen LogP contribution in [0.4, 0.5) is 5.69 Å². The molecule has 1 fully saturated rings. The summed E-state index contributed by atoms with van der Waals surface area (Å²) in [4.78, 5) is 11.9. The minimum atomic E-state index is 0.0338. The molecule has 2 N–H and O–H groups in total. The van der Waals surface area contributed by atoms with Gasteiger partial charge in [-0.3, -0.25) is 4.79 Å². The summed E-state index contributed by atoms with van der Waals surface area (Å²) in [5.74, 6) is 0.0338. The van der Waals surface area contributed by atoms with Gasteiger partial charge in [0.1, 0.15) is 0 Å². The normalized spacial score (nSPS) is 21.3. The number of hydrogen-bond acceptors (Lipinski definition) is 2. The summed E-state index contributed by atoms with van der Waals surface area (Å²) in [7, 11) is 0. The van der Waals surface area contributed by atoms with Gasteiger partial charge in [0, 0.05) is 11.7 Å². The van der Waals surface area contributed by atoms with Crippen molar-refractivity contribution >= 4 is 11.6 Å². The predicted octanol–water partition coefficient (Wildman–Crippen LogP) is 3.10. The lowest BCUT2D eigenvalue weighted by atomic mass is 9.87. The van der Waals surface area contributed by atoms with E-state index in [1.54, 1.807) is 0 Å². The number of anilines is 1. The van der Waals surface area contributed by atoms with E-state index in [4.69, 9.17) is 0 Å². The molecule has 1 aromatic carbocycles. The number of aryl methyl sites for hydroxylation is 1. The summed E-state index contributed by atoms with van der Waals surface area (Å²) >= 11 is 0. The van der Waals surface area contributed by atoms with Gasteiger partial charge in [0.2, 0.25) is 5.91 Å². The van der Waals surface area contributed by atoms with Crippen molar-refractivity contribution in [2.45, 2.75) is 46.1 Å². The minimum Gasteiger partial charge on any atom is -0.325 e. The Hall–Kier alpha value is -1.35. The van der Waals surface area contributed by atoms with Crippen LogP contribution < -0.4 is 10.6 Å². The maximum Gasteiger partial charge on any atom is 0.238 e. The molecule has 19 heavy (non-hydrogen) atoms. The summed E-state index contributed by atoms with van der Waals surface area (Å²) in [6.45, 7) is 6.97. The lowest BCUT2D eigenvalue weighted by molar-refractivity contribution is -0.115. The van der Waals surface area contributed by atoms with Crippen LogP contribution in [-0.4, -0.2) is 18.5 Å². The Kier molecular flexibility index (Phi) is 4.25. The first-order valence-corrected chi connectivity index (χ1v) is 7.07. The number of nitrogens with one attached hydrogen (secondary N) is 2. The molecule has 1 aliphatic carbocycles. The van der Waals surface area contributed by atoms with E-state index in [1.165, 1.54) is 24.8 Å². The number of carbonyl (C=O) groups is 1. The van der Waals surface area contributed by atoms with E-state index in [0.29, 0.717) is 18.0 Å². The average Bonchev–Trinajstić information content (AvgIpc) is 2.69. The van der Waals surface area contributed by atoms with Crippen molar-refractivity contribution in [3.63, 3.8) is 0 Å². The van der Waals surface area contributed by atoms with Gasteiger partial charge in [-0.1, -0.05) is 38.0 Å². The third-order valence-corrected chi connectivity index (χ3v) is 4.10. The highest BCUT2D eigenvalue weighted by Gasteiger charge is 2.34. The van der Waals surface area contributed by atoms with Crippen LogP contribution in [0.15, 0.2) is 24.3 Å². The van der Waals surface area contributed by atoms with Gasteiger partial charge < -0.3 is 10.6 Å². The van der Waals surface area contributed by atoms with Gasteiger partial charge in [-0.25, -0.2) is 0 Å². The largest absolute Gasteiger partial charge is 0.325 e. The van der Waals surface area contributed by atoms with Crippen LogP contribution in [0.3, 0.4) is 0 Å². The molecule has 0 aliphatic heterocycles. The molecule has 104 valence electrons. The molecule has 0 bridgehead atoms. The Morgan fingerprint density at radius 1 is 1.32 bits per heavy atom. The van der Waals surface area contributed by atoms with E-state index < -0.39 is 0 Å². The topological polar surface area (TPSA) is 41.1 Å². The second kappa shape index (κ2) is 5.74. The average molecular weight is 260 g/mol. The molecule has 1 aromatic rings. The summed E-state index contributed by atoms with van der Waals surface area (Å²) in [5.41, 5.74) is 2.37. The lowest BCUT2D eigenvalue weighted by Crippen LogP contribution is -2.41. The number of carbonyl (C=O) groups excluding carboxylic acids is 1. The first-order valence-electron chi connectivity index (χ1n) is 7.07. The third kappa shape index (κ3) is 3.80. The minimum absolute atomic E-state index is 0.0338. The van der Waals surface area contributed by atoms with Crippen LogP contribution in [0.1, 0.15) is 38.7 Å². The molecule has 1 unspecified atom stereocenters. The van der Waals surface area contributed by atoms with E-state index in [0.717, 1.165) is 5.69 Å². The number of hydrogen-bond donors (Lipinski definition) is 2. The molecule has 0 saturated heterocycles. The first kappa shape index (κ1) is 14.1. The Balaban J connectivity index is 1.80. The van der Waals surface area contributed by atoms with Crippen molar-refractivity contribution in [1.29, 1.82) is 0 Å². The quantitative estimate of drug-likeness (QED) is 0.873. The molecule has 1 amide bonds. The molecule has 0 aromatic heterocycles. The van der Waals surface area contributed by atoms with E-state index in [9.17, 15) is 4.79 Å². The fraction of sp³-hybridized carbons (Fsp3) is 0.562. The molecule has 2 rings (SSSR count). The maximum atomic E-state index is 11.9. The van der Waals surface area contributed by atoms with Crippen LogP contribution in [0.2, 0.25) is 0 Å². The zero-order valence-corrected chi connectivity index (χ0v) is 12.1. The highest BCUT2D eigenvalue weighted by molar-refractivity contribution is 5.92. The van der Waals surface area contributed by atoms with Gasteiger partial charge >= 0.3 is 0 Å². The van der Waals surface area contributed by atoms with Crippen molar-refractivity contribution in [2.24, 2.45) is 5.41 Å². The molecule has 1 aliphatic rings. The smallest absolute Gasteiger partial charge is 0.238 e. The van der Waals surface area contributed by atoms with E-state index >= 15 is 0 Å². The molecular weight excluding hydrogens is 236 g/mol. The Bertz CT molecular complexity index is 437. The zero-order valence-electron chi connectivity index (χ0n) is 12.1. The Labute approximate surface area is 115 Å². The molecule has 0 spiro atoms. The van der Waals surface area contributed by atoms with Crippen LogP contribution in [-0.2, 0) is 4.79 Å². The monoisotopic (exact) mass is 260 g/mol. The van der Waals surface area contributed by atoms with Gasteiger partial charge in [-0.15, -0.1) is 0 Å². The summed E-state index contributed by atoms with van der Waals surface area (Å²) in [6, 6.07) is 8.34. The number of rotatable bonds is 4. The van der Waals surface area contributed by atoms with Crippen LogP contribution in [0, 0.1) is 12.3 Å². The van der Waals surface area contributed by atoms with E-state index in [-0.39, 0.29) is 5.91 Å². The van der Waals surface area contributed by atoms with Gasteiger partial charge in [0.05, 0.1) is 6.54 Å². The van der Waals surface area contributed by atoms with Crippen molar-refractivity contribution in [3.05, 3.63) is 29.8 Å². The van der Waals surface area contributed by atoms with Gasteiger partial charge in [0.15, 0.2) is 0 Å². The molecule has 3 heteroatoms. The molecule has 0 radical (unpaired) electrons. The van der Waals surface area contributed by atoms with Gasteiger partial charge in [-0.05, 0) is 37.3 Å². The molecule has 1 saturated carbocycles. The second-order valence-electron chi connectivity index (χ2n) is 6.23. The molecule has 0 heterocycles. The SMILES string of the molecule is Cc1ccc(NC(=O)CNC2CCCC2(C)C)cc1. The third-order valence-electron chi connectivity index (χ3n) is 4.10. The van der Waals surface area contributed by atoms with E-state index in [1.807, 2.05) is 31.2 Å². The van der Waals surface area contributed by atoms with Gasteiger partial charge in [-0.2, -0.15) is 0 Å². The van der Waals surface area contributed by atoms with Crippen LogP contribution in [0.5, 0.6) is 0 Å². The lowest BCUT2D eigenvalue weighted by Gasteiger charge is -2.27. The summed E-state index contributed by atoms with van der Waals surface area (Å²) in [6.07, 6.45) is 3.67. The van der Waals surface area contributed by atoms with Crippen molar-refractivity contribution in [1.82, 2.24) is 5.32 Å². The highest BCUT2D eigenvalue weighted by Crippen LogP contribution is 2.36. The second-order valence-corrected chi connectivity index (χ2v) is 6.23. The predicted molar refractivity (Wildman–Crippen MR) is 79.2 cm³/mol. The van der Waals surface area contributed by atoms with E-state index in [2.05, 4.69) is 24.5 Å².